The van der Waals surface area contributed by atoms with Crippen LogP contribution in [0.15, 0.2) is 237 Å². The summed E-state index contributed by atoms with van der Waals surface area (Å²) in [6.07, 6.45) is 0. The summed E-state index contributed by atoms with van der Waals surface area (Å²) >= 11 is 0. The number of aromatic nitrogens is 1. The second-order valence-electron chi connectivity index (χ2n) is 17.0. The molecule has 1 aromatic heterocycles. The number of nitrogens with zero attached hydrogens (tertiary/aromatic N) is 2. The molecule has 64 heavy (non-hydrogen) atoms. The molecule has 1 aliphatic heterocycles. The molecule has 0 amide bonds. The Morgan fingerprint density at radius 1 is 0.359 bits per heavy atom. The Balaban J connectivity index is 0.979. The number of anilines is 3. The van der Waals surface area contributed by atoms with E-state index in [0.29, 0.717) is 0 Å². The summed E-state index contributed by atoms with van der Waals surface area (Å²) in [5, 5.41) is 3.70. The molecule has 300 valence electrons. The van der Waals surface area contributed by atoms with Crippen LogP contribution in [0.1, 0.15) is 16.7 Å². The summed E-state index contributed by atoms with van der Waals surface area (Å²) < 4.78 is 2.48. The Bertz CT molecular complexity index is 3630. The predicted octanol–water partition coefficient (Wildman–Crippen LogP) is 15.5. The van der Waals surface area contributed by atoms with Gasteiger partial charge in [-0.3, -0.25) is 0 Å². The van der Waals surface area contributed by atoms with Gasteiger partial charge in [0.2, 0.25) is 0 Å². The van der Waals surface area contributed by atoms with Gasteiger partial charge in [-0.2, -0.15) is 0 Å². The summed E-state index contributed by atoms with van der Waals surface area (Å²) in [6.45, 7) is 0. The van der Waals surface area contributed by atoms with Gasteiger partial charge in [-0.25, -0.2) is 0 Å². The third-order valence-corrected chi connectivity index (χ3v) is 13.7. The lowest BCUT2D eigenvalue weighted by Crippen LogP contribution is -2.37. The van der Waals surface area contributed by atoms with Crippen molar-refractivity contribution in [1.29, 1.82) is 0 Å². The standard InChI is InChI=1S/C61H41N3/c62-61(54-28-10-6-23-49(54)53-39-42(32-37-55(53)61)40-16-2-1-3-17-40)44-33-35-45(36-34-44)63-56-29-11-7-24-50(56)59-51-25-8-12-30-57(51)64(60(59)52-26-9-13-31-58(52)63)46-21-14-20-43(38-46)48-27-15-19-41-18-4-5-22-47(41)48/h1-39H,62H2/t61-/m1/s1. The average molecular weight is 816 g/mol. The molecule has 0 fully saturated rings. The van der Waals surface area contributed by atoms with Crippen LogP contribution in [0.3, 0.4) is 0 Å². The molecule has 0 saturated carbocycles. The fraction of sp³-hybridized carbons (Fsp3) is 0.0164. The number of fused-ring (bicyclic) bond motifs is 11. The van der Waals surface area contributed by atoms with Gasteiger partial charge in [-0.15, -0.1) is 0 Å². The van der Waals surface area contributed by atoms with Crippen molar-refractivity contribution in [3.8, 4) is 61.5 Å². The lowest BCUT2D eigenvalue weighted by atomic mass is 9.81. The van der Waals surface area contributed by atoms with Crippen LogP contribution >= 0.6 is 0 Å². The van der Waals surface area contributed by atoms with Gasteiger partial charge in [-0.05, 0) is 109 Å². The number of hydrogen-bond acceptors (Lipinski definition) is 2. The van der Waals surface area contributed by atoms with Gasteiger partial charge in [0.05, 0.1) is 28.1 Å². The monoisotopic (exact) mass is 815 g/mol. The lowest BCUT2D eigenvalue weighted by Gasteiger charge is -2.30. The third-order valence-electron chi connectivity index (χ3n) is 13.7. The lowest BCUT2D eigenvalue weighted by molar-refractivity contribution is 0.672. The van der Waals surface area contributed by atoms with E-state index in [1.54, 1.807) is 0 Å². The number of rotatable bonds is 5. The Morgan fingerprint density at radius 3 is 1.81 bits per heavy atom. The molecule has 2 aliphatic rings. The summed E-state index contributed by atoms with van der Waals surface area (Å²) in [5.74, 6) is 0. The van der Waals surface area contributed by atoms with Gasteiger partial charge < -0.3 is 15.2 Å². The first-order chi connectivity index (χ1) is 31.6. The predicted molar refractivity (Wildman–Crippen MR) is 267 cm³/mol. The Kier molecular flexibility index (Phi) is 8.05. The second kappa shape index (κ2) is 14.1. The van der Waals surface area contributed by atoms with Gasteiger partial charge in [0.25, 0.3) is 0 Å². The van der Waals surface area contributed by atoms with Crippen LogP contribution in [-0.2, 0) is 5.54 Å². The molecule has 3 nitrogen and oxygen atoms in total. The van der Waals surface area contributed by atoms with E-state index in [-0.39, 0.29) is 0 Å². The Labute approximate surface area is 372 Å². The average Bonchev–Trinajstić information content (AvgIpc) is 3.80. The first-order valence-electron chi connectivity index (χ1n) is 22.1. The van der Waals surface area contributed by atoms with E-state index in [1.165, 1.54) is 71.9 Å². The van der Waals surface area contributed by atoms with Crippen LogP contribution in [0.4, 0.5) is 17.1 Å². The SMILES string of the molecule is N[C@]1(c2ccc(N3c4ccccc4-c4c(n(-c5cccc(-c6cccc7ccccc67)c5)c5ccccc45)-c4ccccc43)cc2)c2ccccc2-c2cc(-c3ccccc3)ccc21. The molecule has 1 aliphatic carbocycles. The molecule has 13 rings (SSSR count). The van der Waals surface area contributed by atoms with E-state index in [9.17, 15) is 0 Å². The summed E-state index contributed by atoms with van der Waals surface area (Å²) in [4.78, 5) is 2.44. The quantitative estimate of drug-likeness (QED) is 0.188. The van der Waals surface area contributed by atoms with Crippen molar-refractivity contribution in [1.82, 2.24) is 4.57 Å². The first-order valence-corrected chi connectivity index (χ1v) is 22.1. The van der Waals surface area contributed by atoms with E-state index < -0.39 is 5.54 Å². The van der Waals surface area contributed by atoms with Crippen LogP contribution < -0.4 is 10.6 Å². The third kappa shape index (κ3) is 5.32. The van der Waals surface area contributed by atoms with Crippen molar-refractivity contribution < 1.29 is 0 Å². The molecule has 11 aromatic rings. The minimum atomic E-state index is -0.818. The first kappa shape index (κ1) is 36.4. The zero-order valence-corrected chi connectivity index (χ0v) is 35.0. The smallest absolute Gasteiger partial charge is 0.0935 e. The van der Waals surface area contributed by atoms with Crippen LogP contribution in [0.5, 0.6) is 0 Å². The molecule has 1 atom stereocenters. The maximum atomic E-state index is 7.73. The van der Waals surface area contributed by atoms with E-state index in [0.717, 1.165) is 45.0 Å². The molecule has 0 bridgehead atoms. The highest BCUT2D eigenvalue weighted by atomic mass is 15.2. The molecule has 10 aromatic carbocycles. The van der Waals surface area contributed by atoms with Crippen LogP contribution in [-0.4, -0.2) is 4.57 Å². The molecular weight excluding hydrogens is 775 g/mol. The van der Waals surface area contributed by atoms with E-state index in [1.807, 2.05) is 0 Å². The maximum absolute atomic E-state index is 7.73. The molecule has 0 saturated heterocycles. The number of para-hydroxylation sites is 3. The Hall–Kier alpha value is -8.24. The second-order valence-corrected chi connectivity index (χ2v) is 17.0. The van der Waals surface area contributed by atoms with Gasteiger partial charge in [0.1, 0.15) is 0 Å². The highest BCUT2D eigenvalue weighted by Gasteiger charge is 2.42. The Morgan fingerprint density at radius 2 is 0.969 bits per heavy atom. The van der Waals surface area contributed by atoms with E-state index >= 15 is 0 Å². The van der Waals surface area contributed by atoms with Crippen molar-refractivity contribution in [3.05, 3.63) is 253 Å². The number of nitrogens with two attached hydrogens (primary N) is 1. The largest absolute Gasteiger partial charge is 0.314 e. The molecule has 3 heteroatoms. The van der Waals surface area contributed by atoms with E-state index in [2.05, 4.69) is 246 Å². The van der Waals surface area contributed by atoms with Gasteiger partial charge in [0, 0.05) is 33.5 Å². The minimum absolute atomic E-state index is 0.818. The topological polar surface area (TPSA) is 34.2 Å². The number of benzene rings is 10. The van der Waals surface area contributed by atoms with Crippen molar-refractivity contribution in [3.63, 3.8) is 0 Å². The van der Waals surface area contributed by atoms with Gasteiger partial charge >= 0.3 is 0 Å². The molecule has 0 radical (unpaired) electrons. The highest BCUT2D eigenvalue weighted by molar-refractivity contribution is 6.13. The van der Waals surface area contributed by atoms with Crippen molar-refractivity contribution in [2.24, 2.45) is 5.73 Å². The normalized spacial score (nSPS) is 14.7. The fourth-order valence-corrected chi connectivity index (χ4v) is 10.8. The minimum Gasteiger partial charge on any atom is -0.314 e. The van der Waals surface area contributed by atoms with Crippen LogP contribution in [0.25, 0.3) is 83.1 Å². The summed E-state index contributed by atoms with van der Waals surface area (Å²) in [5.41, 5.74) is 27.7. The summed E-state index contributed by atoms with van der Waals surface area (Å²) in [7, 11) is 0. The maximum Gasteiger partial charge on any atom is 0.0935 e. The van der Waals surface area contributed by atoms with Crippen LogP contribution in [0.2, 0.25) is 0 Å². The zero-order valence-electron chi connectivity index (χ0n) is 35.0. The molecular formula is C61H41N3. The van der Waals surface area contributed by atoms with Crippen molar-refractivity contribution >= 4 is 38.7 Å². The summed E-state index contributed by atoms with van der Waals surface area (Å²) in [6, 6.07) is 85.9. The van der Waals surface area contributed by atoms with Gasteiger partial charge in [-0.1, -0.05) is 188 Å². The van der Waals surface area contributed by atoms with Crippen molar-refractivity contribution in [2.45, 2.75) is 5.54 Å². The highest BCUT2D eigenvalue weighted by Crippen LogP contribution is 2.55. The molecule has 0 spiro atoms. The van der Waals surface area contributed by atoms with Crippen molar-refractivity contribution in [2.75, 3.05) is 4.90 Å². The zero-order chi connectivity index (χ0) is 42.4. The van der Waals surface area contributed by atoms with E-state index in [4.69, 9.17) is 5.73 Å². The molecule has 2 N–H and O–H groups in total. The molecule has 2 heterocycles. The fourth-order valence-electron chi connectivity index (χ4n) is 10.8. The number of hydrogen-bond donors (Lipinski definition) is 1. The van der Waals surface area contributed by atoms with Crippen LogP contribution in [0, 0.1) is 0 Å². The molecule has 0 unspecified atom stereocenters. The van der Waals surface area contributed by atoms with Gasteiger partial charge in [0.15, 0.2) is 0 Å².